The smallest absolute Gasteiger partial charge is 0.168 e. The van der Waals surface area contributed by atoms with E-state index in [2.05, 4.69) is 14.5 Å². The molecule has 27 heavy (non-hydrogen) atoms. The first kappa shape index (κ1) is 16.3. The molecule has 0 N–H and O–H groups in total. The van der Waals surface area contributed by atoms with Gasteiger partial charge in [0, 0.05) is 29.9 Å². The Morgan fingerprint density at radius 2 is 1.96 bits per heavy atom. The van der Waals surface area contributed by atoms with Crippen LogP contribution in [-0.4, -0.2) is 19.5 Å². The highest BCUT2D eigenvalue weighted by Gasteiger charge is 2.27. The Kier molecular flexibility index (Phi) is 3.67. The highest BCUT2D eigenvalue weighted by atomic mass is 19.2. The highest BCUT2D eigenvalue weighted by Crippen LogP contribution is 2.38. The Labute approximate surface area is 154 Å². The molecule has 5 rings (SSSR count). The third kappa shape index (κ3) is 2.51. The number of imidazole rings is 1. The number of aryl methyl sites for hydroxylation is 1. The van der Waals surface area contributed by atoms with Crippen LogP contribution in [0.15, 0.2) is 36.8 Å². The van der Waals surface area contributed by atoms with E-state index in [4.69, 9.17) is 4.98 Å². The summed E-state index contributed by atoms with van der Waals surface area (Å²) in [6, 6.07) is 4.75. The van der Waals surface area contributed by atoms with Gasteiger partial charge in [-0.25, -0.2) is 18.7 Å². The standard InChI is InChI=1S/C21H18F2N4/c1-12-7-8-25-21-19(12)26-20(13-3-2-4-13)27(21)11-14-9-24-10-16-15(14)5-6-17(22)18(16)23/h5-10,13H,2-4,11H2,1H3. The van der Waals surface area contributed by atoms with Crippen LogP contribution in [0.2, 0.25) is 0 Å². The zero-order valence-corrected chi connectivity index (χ0v) is 14.9. The molecule has 0 amide bonds. The largest absolute Gasteiger partial charge is 0.308 e. The zero-order chi connectivity index (χ0) is 18.5. The fourth-order valence-electron chi connectivity index (χ4n) is 3.83. The van der Waals surface area contributed by atoms with Crippen LogP contribution in [0.25, 0.3) is 21.9 Å². The summed E-state index contributed by atoms with van der Waals surface area (Å²) in [6.45, 7) is 2.51. The van der Waals surface area contributed by atoms with Crippen LogP contribution in [0.4, 0.5) is 8.78 Å². The lowest BCUT2D eigenvalue weighted by Crippen LogP contribution is -2.16. The van der Waals surface area contributed by atoms with Gasteiger partial charge in [-0.3, -0.25) is 4.98 Å². The summed E-state index contributed by atoms with van der Waals surface area (Å²) in [7, 11) is 0. The van der Waals surface area contributed by atoms with E-state index < -0.39 is 11.6 Å². The molecule has 1 saturated carbocycles. The summed E-state index contributed by atoms with van der Waals surface area (Å²) in [5, 5.41) is 0.865. The Morgan fingerprint density at radius 1 is 1.11 bits per heavy atom. The van der Waals surface area contributed by atoms with Crippen molar-refractivity contribution in [3.63, 3.8) is 0 Å². The number of hydrogen-bond acceptors (Lipinski definition) is 3. The van der Waals surface area contributed by atoms with Crippen LogP contribution in [0.5, 0.6) is 0 Å². The monoisotopic (exact) mass is 364 g/mol. The van der Waals surface area contributed by atoms with Crippen molar-refractivity contribution in [3.8, 4) is 0 Å². The Balaban J connectivity index is 1.70. The van der Waals surface area contributed by atoms with Crippen LogP contribution in [-0.2, 0) is 6.54 Å². The number of aromatic nitrogens is 4. The zero-order valence-electron chi connectivity index (χ0n) is 14.9. The second-order valence-electron chi connectivity index (χ2n) is 7.24. The second-order valence-corrected chi connectivity index (χ2v) is 7.24. The van der Waals surface area contributed by atoms with Gasteiger partial charge in [-0.05, 0) is 48.4 Å². The molecule has 4 aromatic rings. The maximum absolute atomic E-state index is 14.2. The summed E-state index contributed by atoms with van der Waals surface area (Å²) in [5.41, 5.74) is 3.65. The predicted octanol–water partition coefficient (Wildman–Crippen LogP) is 4.88. The molecule has 0 saturated heterocycles. The molecule has 3 heterocycles. The van der Waals surface area contributed by atoms with Gasteiger partial charge in [-0.1, -0.05) is 12.5 Å². The summed E-state index contributed by atoms with van der Waals surface area (Å²) >= 11 is 0. The molecule has 1 aliphatic rings. The molecular weight excluding hydrogens is 346 g/mol. The number of halogens is 2. The van der Waals surface area contributed by atoms with E-state index in [1.807, 2.05) is 13.0 Å². The molecular formula is C21H18F2N4. The molecule has 1 aliphatic carbocycles. The third-order valence-electron chi connectivity index (χ3n) is 5.58. The summed E-state index contributed by atoms with van der Waals surface area (Å²) in [4.78, 5) is 13.6. The number of nitrogens with zero attached hydrogens (tertiary/aromatic N) is 4. The molecule has 6 heteroatoms. The van der Waals surface area contributed by atoms with Crippen LogP contribution >= 0.6 is 0 Å². The SMILES string of the molecule is Cc1ccnc2c1nc(C1CCC1)n2Cc1cncc2c(F)c(F)ccc12. The van der Waals surface area contributed by atoms with Crippen LogP contribution in [0.3, 0.4) is 0 Å². The van der Waals surface area contributed by atoms with Gasteiger partial charge in [0.15, 0.2) is 17.3 Å². The molecule has 0 atom stereocenters. The van der Waals surface area contributed by atoms with Crippen LogP contribution in [0.1, 0.15) is 42.1 Å². The average molecular weight is 364 g/mol. The molecule has 0 spiro atoms. The van der Waals surface area contributed by atoms with Gasteiger partial charge >= 0.3 is 0 Å². The van der Waals surface area contributed by atoms with Crippen molar-refractivity contribution in [2.45, 2.75) is 38.6 Å². The van der Waals surface area contributed by atoms with Gasteiger partial charge in [-0.15, -0.1) is 0 Å². The van der Waals surface area contributed by atoms with Crippen LogP contribution in [0, 0.1) is 18.6 Å². The average Bonchev–Trinajstić information content (AvgIpc) is 2.97. The summed E-state index contributed by atoms with van der Waals surface area (Å²) < 4.78 is 29.9. The van der Waals surface area contributed by atoms with Gasteiger partial charge in [0.05, 0.1) is 6.54 Å². The molecule has 0 radical (unpaired) electrons. The van der Waals surface area contributed by atoms with Crippen molar-refractivity contribution in [1.82, 2.24) is 19.5 Å². The highest BCUT2D eigenvalue weighted by molar-refractivity contribution is 5.85. The summed E-state index contributed by atoms with van der Waals surface area (Å²) in [5.74, 6) is -0.263. The number of benzene rings is 1. The molecule has 4 nitrogen and oxygen atoms in total. The minimum absolute atomic E-state index is 0.200. The quantitative estimate of drug-likeness (QED) is 0.520. The number of fused-ring (bicyclic) bond motifs is 2. The maximum atomic E-state index is 14.2. The van der Waals surface area contributed by atoms with Crippen molar-refractivity contribution in [3.05, 3.63) is 65.4 Å². The molecule has 3 aromatic heterocycles. The van der Waals surface area contributed by atoms with Crippen molar-refractivity contribution in [2.24, 2.45) is 0 Å². The minimum atomic E-state index is -0.859. The van der Waals surface area contributed by atoms with E-state index in [1.165, 1.54) is 18.7 Å². The van der Waals surface area contributed by atoms with E-state index in [-0.39, 0.29) is 5.39 Å². The molecule has 136 valence electrons. The minimum Gasteiger partial charge on any atom is -0.308 e. The first-order valence-corrected chi connectivity index (χ1v) is 9.16. The van der Waals surface area contributed by atoms with E-state index in [9.17, 15) is 8.78 Å². The maximum Gasteiger partial charge on any atom is 0.168 e. The van der Waals surface area contributed by atoms with Gasteiger partial charge < -0.3 is 4.57 Å². The number of hydrogen-bond donors (Lipinski definition) is 0. The van der Waals surface area contributed by atoms with Crippen molar-refractivity contribution >= 4 is 21.9 Å². The number of pyridine rings is 2. The first-order chi connectivity index (χ1) is 13.1. The Morgan fingerprint density at radius 3 is 2.74 bits per heavy atom. The van der Waals surface area contributed by atoms with Gasteiger partial charge in [0.1, 0.15) is 11.3 Å². The van der Waals surface area contributed by atoms with Gasteiger partial charge in [0.2, 0.25) is 0 Å². The normalized spacial score (nSPS) is 14.8. The van der Waals surface area contributed by atoms with Crippen LogP contribution < -0.4 is 0 Å². The lowest BCUT2D eigenvalue weighted by Gasteiger charge is -2.25. The number of rotatable bonds is 3. The third-order valence-corrected chi connectivity index (χ3v) is 5.58. The van der Waals surface area contributed by atoms with E-state index in [0.717, 1.165) is 41.0 Å². The molecule has 1 fully saturated rings. The molecule has 1 aromatic carbocycles. The van der Waals surface area contributed by atoms with E-state index in [0.29, 0.717) is 17.8 Å². The lowest BCUT2D eigenvalue weighted by molar-refractivity contribution is 0.391. The Bertz CT molecular complexity index is 1180. The fraction of sp³-hybridized carbons (Fsp3) is 0.286. The lowest BCUT2D eigenvalue weighted by atomic mass is 9.85. The first-order valence-electron chi connectivity index (χ1n) is 9.16. The Hall–Kier alpha value is -2.89. The van der Waals surface area contributed by atoms with Gasteiger partial charge in [-0.2, -0.15) is 0 Å². The van der Waals surface area contributed by atoms with Gasteiger partial charge in [0.25, 0.3) is 0 Å². The van der Waals surface area contributed by atoms with Crippen molar-refractivity contribution in [2.75, 3.05) is 0 Å². The molecule has 0 aliphatic heterocycles. The second kappa shape index (κ2) is 6.08. The van der Waals surface area contributed by atoms with E-state index in [1.54, 1.807) is 18.5 Å². The van der Waals surface area contributed by atoms with Crippen molar-refractivity contribution < 1.29 is 8.78 Å². The molecule has 0 unspecified atom stereocenters. The summed E-state index contributed by atoms with van der Waals surface area (Å²) in [6.07, 6.45) is 8.33. The topological polar surface area (TPSA) is 43.6 Å². The predicted molar refractivity (Wildman–Crippen MR) is 99.6 cm³/mol. The van der Waals surface area contributed by atoms with E-state index >= 15 is 0 Å². The van der Waals surface area contributed by atoms with Crippen molar-refractivity contribution in [1.29, 1.82) is 0 Å². The molecule has 0 bridgehead atoms. The fourth-order valence-corrected chi connectivity index (χ4v) is 3.83.